The van der Waals surface area contributed by atoms with Crippen LogP contribution < -0.4 is 5.73 Å². The predicted molar refractivity (Wildman–Crippen MR) is 60.8 cm³/mol. The van der Waals surface area contributed by atoms with Gasteiger partial charge in [-0.3, -0.25) is 0 Å². The first kappa shape index (κ1) is 9.42. The van der Waals surface area contributed by atoms with Gasteiger partial charge < -0.3 is 15.8 Å². The Morgan fingerprint density at radius 2 is 2.19 bits per heavy atom. The number of imidazole rings is 1. The Hall–Kier alpha value is -1.81. The summed E-state index contributed by atoms with van der Waals surface area (Å²) < 4.78 is 0. The Morgan fingerprint density at radius 3 is 2.88 bits per heavy atom. The first-order chi connectivity index (χ1) is 7.67. The summed E-state index contributed by atoms with van der Waals surface area (Å²) in [6, 6.07) is 7.08. The molecule has 2 aromatic rings. The van der Waals surface area contributed by atoms with Gasteiger partial charge >= 0.3 is 0 Å². The fourth-order valence-corrected chi connectivity index (χ4v) is 1.77. The van der Waals surface area contributed by atoms with Crippen LogP contribution in [0.2, 0.25) is 0 Å². The van der Waals surface area contributed by atoms with Gasteiger partial charge in [0, 0.05) is 5.56 Å². The minimum atomic E-state index is -0.241. The lowest BCUT2D eigenvalue weighted by atomic mass is 10.1. The van der Waals surface area contributed by atoms with Gasteiger partial charge in [-0.15, -0.1) is 0 Å². The predicted octanol–water partition coefficient (Wildman–Crippen LogP) is 1.73. The van der Waals surface area contributed by atoms with Crippen molar-refractivity contribution < 1.29 is 5.11 Å². The van der Waals surface area contributed by atoms with Crippen LogP contribution in [0.4, 0.5) is 0 Å². The molecule has 1 saturated carbocycles. The molecule has 1 aliphatic carbocycles. The Balaban J connectivity index is 1.98. The summed E-state index contributed by atoms with van der Waals surface area (Å²) in [7, 11) is 0. The van der Waals surface area contributed by atoms with E-state index in [4.69, 9.17) is 5.73 Å². The van der Waals surface area contributed by atoms with Crippen LogP contribution in [0.3, 0.4) is 0 Å². The molecule has 82 valence electrons. The maximum atomic E-state index is 9.39. The molecule has 1 aliphatic rings. The number of aromatic hydroxyl groups is 1. The van der Waals surface area contributed by atoms with Gasteiger partial charge in [0.25, 0.3) is 0 Å². The highest BCUT2D eigenvalue weighted by atomic mass is 16.3. The van der Waals surface area contributed by atoms with Crippen LogP contribution in [-0.2, 0) is 5.54 Å². The molecule has 4 nitrogen and oxygen atoms in total. The van der Waals surface area contributed by atoms with Gasteiger partial charge in [0.1, 0.15) is 11.6 Å². The molecule has 4 N–H and O–H groups in total. The summed E-state index contributed by atoms with van der Waals surface area (Å²) in [6.07, 6.45) is 3.73. The van der Waals surface area contributed by atoms with Crippen molar-refractivity contribution in [3.05, 3.63) is 36.3 Å². The molecule has 1 aromatic heterocycles. The van der Waals surface area contributed by atoms with Crippen molar-refractivity contribution in [3.8, 4) is 17.0 Å². The third-order valence-electron chi connectivity index (χ3n) is 2.99. The number of aromatic amines is 1. The third kappa shape index (κ3) is 1.47. The molecular formula is C12H13N3O. The van der Waals surface area contributed by atoms with Crippen LogP contribution in [0.15, 0.2) is 30.5 Å². The summed E-state index contributed by atoms with van der Waals surface area (Å²) in [5.74, 6) is 1.09. The zero-order valence-electron chi connectivity index (χ0n) is 8.77. The highest BCUT2D eigenvalue weighted by molar-refractivity contribution is 5.60. The lowest BCUT2D eigenvalue weighted by Gasteiger charge is -2.03. The molecule has 0 spiro atoms. The number of rotatable bonds is 2. The summed E-state index contributed by atoms with van der Waals surface area (Å²) in [6.45, 7) is 0. The Kier molecular flexibility index (Phi) is 1.82. The molecular weight excluding hydrogens is 202 g/mol. The molecule has 1 aromatic carbocycles. The molecule has 1 fully saturated rings. The number of phenolic OH excluding ortho intramolecular Hbond substituents is 1. The van der Waals surface area contributed by atoms with E-state index >= 15 is 0 Å². The molecule has 16 heavy (non-hydrogen) atoms. The van der Waals surface area contributed by atoms with Gasteiger partial charge in [0.2, 0.25) is 0 Å². The summed E-state index contributed by atoms with van der Waals surface area (Å²) in [4.78, 5) is 7.51. The zero-order valence-corrected chi connectivity index (χ0v) is 8.77. The van der Waals surface area contributed by atoms with Gasteiger partial charge in [-0.1, -0.05) is 12.1 Å². The van der Waals surface area contributed by atoms with Gasteiger partial charge in [-0.2, -0.15) is 0 Å². The Labute approximate surface area is 93.1 Å². The number of hydrogen-bond donors (Lipinski definition) is 3. The number of H-pyrrole nitrogens is 1. The summed E-state index contributed by atoms with van der Waals surface area (Å²) in [5.41, 5.74) is 7.62. The van der Waals surface area contributed by atoms with E-state index in [-0.39, 0.29) is 11.3 Å². The van der Waals surface area contributed by atoms with Crippen LogP contribution in [0.1, 0.15) is 18.7 Å². The van der Waals surface area contributed by atoms with Crippen molar-refractivity contribution in [2.24, 2.45) is 5.73 Å². The smallest absolute Gasteiger partial charge is 0.126 e. The highest BCUT2D eigenvalue weighted by Gasteiger charge is 2.42. The molecule has 0 aliphatic heterocycles. The largest absolute Gasteiger partial charge is 0.508 e. The number of phenols is 1. The van der Waals surface area contributed by atoms with E-state index in [1.54, 1.807) is 24.4 Å². The van der Waals surface area contributed by atoms with Crippen LogP contribution in [0, 0.1) is 0 Å². The molecule has 0 unspecified atom stereocenters. The second-order valence-corrected chi connectivity index (χ2v) is 4.35. The monoisotopic (exact) mass is 215 g/mol. The molecule has 0 atom stereocenters. The lowest BCUT2D eigenvalue weighted by Crippen LogP contribution is -2.20. The van der Waals surface area contributed by atoms with Crippen molar-refractivity contribution in [2.45, 2.75) is 18.4 Å². The SMILES string of the molecule is NC1(c2ncc(-c3cccc(O)c3)[nH]2)CC1. The first-order valence-electron chi connectivity index (χ1n) is 5.31. The number of nitrogens with one attached hydrogen (secondary N) is 1. The summed E-state index contributed by atoms with van der Waals surface area (Å²) >= 11 is 0. The van der Waals surface area contributed by atoms with Crippen LogP contribution in [0.25, 0.3) is 11.3 Å². The molecule has 0 radical (unpaired) electrons. The average Bonchev–Trinajstić information content (AvgIpc) is 2.83. The molecule has 4 heteroatoms. The third-order valence-corrected chi connectivity index (χ3v) is 2.99. The summed E-state index contributed by atoms with van der Waals surface area (Å²) in [5, 5.41) is 9.39. The molecule has 3 rings (SSSR count). The number of nitrogens with two attached hydrogens (primary N) is 1. The average molecular weight is 215 g/mol. The van der Waals surface area contributed by atoms with E-state index in [0.29, 0.717) is 0 Å². The van der Waals surface area contributed by atoms with Crippen molar-refractivity contribution >= 4 is 0 Å². The highest BCUT2D eigenvalue weighted by Crippen LogP contribution is 2.41. The standard InChI is InChI=1S/C12H13N3O/c13-12(4-5-12)11-14-7-10(15-11)8-2-1-3-9(16)6-8/h1-3,6-7,16H,4-5,13H2,(H,14,15). The Morgan fingerprint density at radius 1 is 1.38 bits per heavy atom. The molecule has 0 saturated heterocycles. The van der Waals surface area contributed by atoms with E-state index in [2.05, 4.69) is 9.97 Å². The topological polar surface area (TPSA) is 74.9 Å². The van der Waals surface area contributed by atoms with Crippen molar-refractivity contribution in [3.63, 3.8) is 0 Å². The lowest BCUT2D eigenvalue weighted by molar-refractivity contribution is 0.475. The van der Waals surface area contributed by atoms with E-state index in [9.17, 15) is 5.11 Å². The number of hydrogen-bond acceptors (Lipinski definition) is 3. The molecule has 0 amide bonds. The molecule has 1 heterocycles. The Bertz CT molecular complexity index is 529. The molecule has 0 bridgehead atoms. The van der Waals surface area contributed by atoms with E-state index < -0.39 is 0 Å². The maximum Gasteiger partial charge on any atom is 0.126 e. The fourth-order valence-electron chi connectivity index (χ4n) is 1.77. The van der Waals surface area contributed by atoms with Gasteiger partial charge in [-0.25, -0.2) is 4.98 Å². The second kappa shape index (κ2) is 3.09. The maximum absolute atomic E-state index is 9.39. The normalized spacial score (nSPS) is 17.3. The van der Waals surface area contributed by atoms with Crippen LogP contribution >= 0.6 is 0 Å². The quantitative estimate of drug-likeness (QED) is 0.714. The van der Waals surface area contributed by atoms with Gasteiger partial charge in [0.05, 0.1) is 17.4 Å². The zero-order chi connectivity index (χ0) is 11.2. The number of benzene rings is 1. The van der Waals surface area contributed by atoms with Crippen LogP contribution in [0.5, 0.6) is 5.75 Å². The van der Waals surface area contributed by atoms with Gasteiger partial charge in [-0.05, 0) is 25.0 Å². The first-order valence-corrected chi connectivity index (χ1v) is 5.31. The van der Waals surface area contributed by atoms with Crippen molar-refractivity contribution in [2.75, 3.05) is 0 Å². The number of aromatic nitrogens is 2. The van der Waals surface area contributed by atoms with Crippen LogP contribution in [-0.4, -0.2) is 15.1 Å². The second-order valence-electron chi connectivity index (χ2n) is 4.35. The minimum Gasteiger partial charge on any atom is -0.508 e. The minimum absolute atomic E-state index is 0.241. The van der Waals surface area contributed by atoms with Gasteiger partial charge in [0.15, 0.2) is 0 Å². The van der Waals surface area contributed by atoms with Crippen molar-refractivity contribution in [1.82, 2.24) is 9.97 Å². The van der Waals surface area contributed by atoms with E-state index in [1.165, 1.54) is 0 Å². The van der Waals surface area contributed by atoms with E-state index in [0.717, 1.165) is 29.9 Å². The number of nitrogens with zero attached hydrogens (tertiary/aromatic N) is 1. The fraction of sp³-hybridized carbons (Fsp3) is 0.250. The van der Waals surface area contributed by atoms with E-state index in [1.807, 2.05) is 6.07 Å². The van der Waals surface area contributed by atoms with Crippen molar-refractivity contribution in [1.29, 1.82) is 0 Å².